The number of nitrogens with one attached hydrogen (secondary N) is 1. The standard InChI is InChI=1S/C10H13FN2/c1-7-5-9(11)3-4-10(7)8(2)6-13-12/h3-5,13H,2,6,12H2,1H3. The second-order valence-electron chi connectivity index (χ2n) is 2.94. The SMILES string of the molecule is C=C(CNN)c1ccc(F)cc1C. The lowest BCUT2D eigenvalue weighted by Gasteiger charge is -2.08. The molecule has 0 aliphatic carbocycles. The smallest absolute Gasteiger partial charge is 0.123 e. The van der Waals surface area contributed by atoms with Crippen LogP contribution < -0.4 is 11.3 Å². The first-order chi connectivity index (χ1) is 6.15. The summed E-state index contributed by atoms with van der Waals surface area (Å²) in [6.45, 7) is 6.19. The number of hydrazine groups is 1. The summed E-state index contributed by atoms with van der Waals surface area (Å²) < 4.78 is 12.7. The number of benzene rings is 1. The molecule has 0 heterocycles. The van der Waals surface area contributed by atoms with Crippen molar-refractivity contribution >= 4 is 5.57 Å². The van der Waals surface area contributed by atoms with Crippen molar-refractivity contribution in [1.29, 1.82) is 0 Å². The van der Waals surface area contributed by atoms with Gasteiger partial charge in [0.15, 0.2) is 0 Å². The molecule has 1 aromatic rings. The zero-order valence-electron chi connectivity index (χ0n) is 7.60. The molecule has 0 saturated heterocycles. The van der Waals surface area contributed by atoms with Crippen LogP contribution in [-0.4, -0.2) is 6.54 Å². The highest BCUT2D eigenvalue weighted by Gasteiger charge is 2.02. The monoisotopic (exact) mass is 180 g/mol. The molecule has 0 atom stereocenters. The summed E-state index contributed by atoms with van der Waals surface area (Å²) in [5.74, 6) is 4.93. The highest BCUT2D eigenvalue weighted by Crippen LogP contribution is 2.17. The van der Waals surface area contributed by atoms with Crippen LogP contribution in [0.4, 0.5) is 4.39 Å². The van der Waals surface area contributed by atoms with E-state index in [1.165, 1.54) is 12.1 Å². The predicted octanol–water partition coefficient (Wildman–Crippen LogP) is 1.61. The molecule has 0 saturated carbocycles. The van der Waals surface area contributed by atoms with Gasteiger partial charge >= 0.3 is 0 Å². The van der Waals surface area contributed by atoms with E-state index in [0.29, 0.717) is 6.54 Å². The fourth-order valence-electron chi connectivity index (χ4n) is 1.24. The summed E-state index contributed by atoms with van der Waals surface area (Å²) >= 11 is 0. The van der Waals surface area contributed by atoms with Crippen LogP contribution in [0.15, 0.2) is 24.8 Å². The van der Waals surface area contributed by atoms with Gasteiger partial charge < -0.3 is 0 Å². The molecule has 0 aliphatic heterocycles. The minimum Gasteiger partial charge on any atom is -0.271 e. The van der Waals surface area contributed by atoms with Crippen molar-refractivity contribution in [3.05, 3.63) is 41.7 Å². The second kappa shape index (κ2) is 4.16. The second-order valence-corrected chi connectivity index (χ2v) is 2.94. The summed E-state index contributed by atoms with van der Waals surface area (Å²) in [4.78, 5) is 0. The van der Waals surface area contributed by atoms with E-state index in [1.807, 2.05) is 6.92 Å². The molecule has 13 heavy (non-hydrogen) atoms. The van der Waals surface area contributed by atoms with Gasteiger partial charge in [0.1, 0.15) is 5.82 Å². The maximum Gasteiger partial charge on any atom is 0.123 e. The molecule has 1 aromatic carbocycles. The highest BCUT2D eigenvalue weighted by atomic mass is 19.1. The molecule has 0 bridgehead atoms. The average molecular weight is 180 g/mol. The molecule has 70 valence electrons. The van der Waals surface area contributed by atoms with Crippen molar-refractivity contribution in [1.82, 2.24) is 5.43 Å². The van der Waals surface area contributed by atoms with E-state index in [-0.39, 0.29) is 5.82 Å². The third kappa shape index (κ3) is 2.37. The third-order valence-electron chi connectivity index (χ3n) is 1.88. The number of hydrogen-bond donors (Lipinski definition) is 2. The van der Waals surface area contributed by atoms with Crippen LogP contribution in [-0.2, 0) is 0 Å². The van der Waals surface area contributed by atoms with E-state index in [9.17, 15) is 4.39 Å². The van der Waals surface area contributed by atoms with Crippen LogP contribution >= 0.6 is 0 Å². The van der Waals surface area contributed by atoms with Crippen LogP contribution in [0.25, 0.3) is 5.57 Å². The van der Waals surface area contributed by atoms with Crippen LogP contribution in [0.3, 0.4) is 0 Å². The number of halogens is 1. The minimum absolute atomic E-state index is 0.227. The fourth-order valence-corrected chi connectivity index (χ4v) is 1.24. The Bertz CT molecular complexity index is 321. The number of hydrogen-bond acceptors (Lipinski definition) is 2. The molecule has 0 radical (unpaired) electrons. The molecule has 0 unspecified atom stereocenters. The molecule has 2 nitrogen and oxygen atoms in total. The Hall–Kier alpha value is -1.19. The quantitative estimate of drug-likeness (QED) is 0.548. The van der Waals surface area contributed by atoms with Crippen LogP contribution in [0.5, 0.6) is 0 Å². The lowest BCUT2D eigenvalue weighted by Crippen LogP contribution is -2.23. The third-order valence-corrected chi connectivity index (χ3v) is 1.88. The van der Waals surface area contributed by atoms with Gasteiger partial charge in [-0.1, -0.05) is 12.6 Å². The molecule has 0 aromatic heterocycles. The van der Waals surface area contributed by atoms with Crippen molar-refractivity contribution < 1.29 is 4.39 Å². The first-order valence-electron chi connectivity index (χ1n) is 4.03. The Balaban J connectivity index is 2.95. The van der Waals surface area contributed by atoms with E-state index < -0.39 is 0 Å². The van der Waals surface area contributed by atoms with Gasteiger partial charge in [-0.25, -0.2) is 4.39 Å². The van der Waals surface area contributed by atoms with Crippen molar-refractivity contribution in [2.24, 2.45) is 5.84 Å². The van der Waals surface area contributed by atoms with Crippen molar-refractivity contribution in [3.63, 3.8) is 0 Å². The predicted molar refractivity (Wildman–Crippen MR) is 52.4 cm³/mol. The van der Waals surface area contributed by atoms with Crippen LogP contribution in [0.1, 0.15) is 11.1 Å². The van der Waals surface area contributed by atoms with Gasteiger partial charge in [-0.2, -0.15) is 0 Å². The zero-order chi connectivity index (χ0) is 9.84. The van der Waals surface area contributed by atoms with Crippen molar-refractivity contribution in [2.75, 3.05) is 6.54 Å². The van der Waals surface area contributed by atoms with E-state index in [4.69, 9.17) is 5.84 Å². The maximum atomic E-state index is 12.7. The first-order valence-corrected chi connectivity index (χ1v) is 4.03. The van der Waals surface area contributed by atoms with Gasteiger partial charge in [0, 0.05) is 6.54 Å². The molecule has 0 spiro atoms. The summed E-state index contributed by atoms with van der Waals surface area (Å²) in [6, 6.07) is 4.62. The summed E-state index contributed by atoms with van der Waals surface area (Å²) in [5.41, 5.74) is 5.19. The highest BCUT2D eigenvalue weighted by molar-refractivity contribution is 5.67. The average Bonchev–Trinajstić information content (AvgIpc) is 2.04. The van der Waals surface area contributed by atoms with E-state index >= 15 is 0 Å². The normalized spacial score (nSPS) is 10.1. The largest absolute Gasteiger partial charge is 0.271 e. The summed E-state index contributed by atoms with van der Waals surface area (Å²) in [6.07, 6.45) is 0. The Labute approximate surface area is 77.2 Å². The van der Waals surface area contributed by atoms with Crippen LogP contribution in [0.2, 0.25) is 0 Å². The summed E-state index contributed by atoms with van der Waals surface area (Å²) in [5, 5.41) is 0. The Morgan fingerprint density at radius 2 is 2.31 bits per heavy atom. The Morgan fingerprint density at radius 3 is 2.85 bits per heavy atom. The topological polar surface area (TPSA) is 38.0 Å². The van der Waals surface area contributed by atoms with E-state index in [2.05, 4.69) is 12.0 Å². The Kier molecular flexibility index (Phi) is 3.17. The molecule has 0 amide bonds. The maximum absolute atomic E-state index is 12.7. The van der Waals surface area contributed by atoms with Crippen molar-refractivity contribution in [3.8, 4) is 0 Å². The van der Waals surface area contributed by atoms with E-state index in [0.717, 1.165) is 16.7 Å². The van der Waals surface area contributed by atoms with Gasteiger partial charge in [0.25, 0.3) is 0 Å². The lowest BCUT2D eigenvalue weighted by atomic mass is 10.0. The lowest BCUT2D eigenvalue weighted by molar-refractivity contribution is 0.626. The van der Waals surface area contributed by atoms with Crippen LogP contribution in [0, 0.1) is 12.7 Å². The molecular formula is C10H13FN2. The van der Waals surface area contributed by atoms with Gasteiger partial charge in [0.2, 0.25) is 0 Å². The molecule has 3 N–H and O–H groups in total. The first kappa shape index (κ1) is 9.89. The zero-order valence-corrected chi connectivity index (χ0v) is 7.60. The number of rotatable bonds is 3. The molecular weight excluding hydrogens is 167 g/mol. The number of aryl methyl sites for hydroxylation is 1. The molecule has 1 rings (SSSR count). The molecule has 0 aliphatic rings. The molecule has 3 heteroatoms. The summed E-state index contributed by atoms with van der Waals surface area (Å²) in [7, 11) is 0. The van der Waals surface area contributed by atoms with Gasteiger partial charge in [-0.05, 0) is 35.8 Å². The minimum atomic E-state index is -0.227. The fraction of sp³-hybridized carbons (Fsp3) is 0.200. The van der Waals surface area contributed by atoms with E-state index in [1.54, 1.807) is 6.07 Å². The molecule has 0 fully saturated rings. The van der Waals surface area contributed by atoms with Crippen molar-refractivity contribution in [2.45, 2.75) is 6.92 Å². The van der Waals surface area contributed by atoms with Gasteiger partial charge in [0.05, 0.1) is 0 Å². The van der Waals surface area contributed by atoms with Gasteiger partial charge in [-0.3, -0.25) is 11.3 Å². The Morgan fingerprint density at radius 1 is 1.62 bits per heavy atom. The number of nitrogens with two attached hydrogens (primary N) is 1. The van der Waals surface area contributed by atoms with Gasteiger partial charge in [-0.15, -0.1) is 0 Å².